The maximum absolute atomic E-state index is 12.7. The second kappa shape index (κ2) is 16.8. The highest BCUT2D eigenvalue weighted by Crippen LogP contribution is 2.26. The van der Waals surface area contributed by atoms with E-state index in [9.17, 15) is 14.4 Å². The number of hydrogen-bond acceptors (Lipinski definition) is 6. The standard InChI is InChI=1S/2C17H12BrN3O.C17H13N3O/c1-10-3-2-4-12(7-10)21-17(22)14-9-19-15-8-11(18)5-6-13(15)16(14)20-21;1-10-4-2-3-5-15(10)21-17(22)13-9-19-14-8-11(18)6-7-12(14)16(13)20-21;1-11-7-8-13-15(9-11)18-10-14-16(13)19-20(17(14)21)12-5-3-2-4-6-12/h2*2-9,20H,1H3;2-10,19H,1H3. The van der Waals surface area contributed by atoms with E-state index in [-0.39, 0.29) is 16.7 Å². The van der Waals surface area contributed by atoms with Gasteiger partial charge in [0.1, 0.15) is 0 Å². The summed E-state index contributed by atoms with van der Waals surface area (Å²) in [4.78, 5) is 51.0. The number of rotatable bonds is 3. The number of nitrogens with one attached hydrogen (secondary N) is 3. The maximum atomic E-state index is 12.7. The van der Waals surface area contributed by atoms with Gasteiger partial charge in [-0.15, -0.1) is 0 Å². The van der Waals surface area contributed by atoms with E-state index in [1.165, 1.54) is 0 Å². The first-order valence-corrected chi connectivity index (χ1v) is 22.2. The van der Waals surface area contributed by atoms with Gasteiger partial charge in [-0.25, -0.2) is 14.0 Å². The molecule has 0 unspecified atom stereocenters. The van der Waals surface area contributed by atoms with E-state index in [0.29, 0.717) is 16.2 Å². The molecule has 12 rings (SSSR count). The van der Waals surface area contributed by atoms with E-state index in [0.717, 1.165) is 92.0 Å². The molecule has 318 valence electrons. The molecule has 0 amide bonds. The molecule has 0 fully saturated rings. The Hall–Kier alpha value is -7.68. The number of fused-ring (bicyclic) bond motifs is 9. The van der Waals surface area contributed by atoms with E-state index in [2.05, 4.69) is 62.1 Å². The number of aryl methyl sites for hydroxylation is 3. The van der Waals surface area contributed by atoms with Crippen molar-refractivity contribution in [2.45, 2.75) is 20.8 Å². The van der Waals surface area contributed by atoms with Crippen LogP contribution in [0, 0.1) is 20.8 Å². The van der Waals surface area contributed by atoms with Crippen molar-refractivity contribution in [1.29, 1.82) is 0 Å². The summed E-state index contributed by atoms with van der Waals surface area (Å²) in [6.45, 7) is 6.02. The van der Waals surface area contributed by atoms with Gasteiger partial charge in [0.2, 0.25) is 0 Å². The van der Waals surface area contributed by atoms with E-state index in [1.807, 2.05) is 154 Å². The Bertz CT molecular complexity index is 3990. The predicted octanol–water partition coefficient (Wildman–Crippen LogP) is 11.1. The molecule has 0 aliphatic heterocycles. The fourth-order valence-electron chi connectivity index (χ4n) is 8.03. The molecule has 12 nitrogen and oxygen atoms in total. The van der Waals surface area contributed by atoms with Crippen LogP contribution in [-0.4, -0.2) is 44.3 Å². The zero-order chi connectivity index (χ0) is 44.9. The fraction of sp³-hybridized carbons (Fsp3) is 0.0588. The number of pyridine rings is 3. The number of para-hydroxylation sites is 2. The minimum atomic E-state index is -0.0853. The van der Waals surface area contributed by atoms with Crippen LogP contribution in [0.5, 0.6) is 0 Å². The molecule has 0 aliphatic carbocycles. The smallest absolute Gasteiger partial charge is 0.280 e. The van der Waals surface area contributed by atoms with Gasteiger partial charge in [-0.2, -0.15) is 0 Å². The molecule has 3 N–H and O–H groups in total. The summed E-state index contributed by atoms with van der Waals surface area (Å²) in [5.41, 5.74) is 10.6. The molecule has 0 radical (unpaired) electrons. The van der Waals surface area contributed by atoms with Crippen LogP contribution in [0.3, 0.4) is 0 Å². The summed E-state index contributed by atoms with van der Waals surface area (Å²) in [5, 5.41) is 14.3. The number of aromatic amines is 3. The van der Waals surface area contributed by atoms with Gasteiger partial charge in [0.15, 0.2) is 0 Å². The van der Waals surface area contributed by atoms with E-state index >= 15 is 0 Å². The largest absolute Gasteiger partial charge is 0.290 e. The molecule has 0 aliphatic rings. The summed E-state index contributed by atoms with van der Waals surface area (Å²) < 4.78 is 6.65. The van der Waals surface area contributed by atoms with Crippen molar-refractivity contribution in [3.63, 3.8) is 0 Å². The van der Waals surface area contributed by atoms with Crippen molar-refractivity contribution in [2.24, 2.45) is 0 Å². The van der Waals surface area contributed by atoms with Crippen molar-refractivity contribution in [1.82, 2.24) is 44.3 Å². The summed E-state index contributed by atoms with van der Waals surface area (Å²) in [5.74, 6) is 0. The van der Waals surface area contributed by atoms with Crippen molar-refractivity contribution in [2.75, 3.05) is 0 Å². The Morgan fingerprint density at radius 1 is 0.415 bits per heavy atom. The molecular formula is C51H37Br2N9O3. The lowest BCUT2D eigenvalue weighted by Gasteiger charge is -2.04. The first-order valence-electron chi connectivity index (χ1n) is 20.6. The van der Waals surface area contributed by atoms with Crippen LogP contribution in [0.4, 0.5) is 0 Å². The Balaban J connectivity index is 0.000000115. The second-order valence-electron chi connectivity index (χ2n) is 15.7. The lowest BCUT2D eigenvalue weighted by molar-refractivity contribution is 0.857. The minimum Gasteiger partial charge on any atom is -0.290 e. The maximum Gasteiger partial charge on any atom is 0.280 e. The third-order valence-corrected chi connectivity index (χ3v) is 12.3. The molecule has 6 aromatic carbocycles. The van der Waals surface area contributed by atoms with Gasteiger partial charge in [-0.1, -0.05) is 92.5 Å². The molecule has 0 spiro atoms. The Labute approximate surface area is 386 Å². The number of hydrogen-bond donors (Lipinski definition) is 3. The Morgan fingerprint density at radius 2 is 0.862 bits per heavy atom. The molecule has 0 saturated heterocycles. The van der Waals surface area contributed by atoms with E-state index in [4.69, 9.17) is 0 Å². The first-order chi connectivity index (χ1) is 31.5. The van der Waals surface area contributed by atoms with Gasteiger partial charge in [-0.3, -0.25) is 44.6 Å². The lowest BCUT2D eigenvalue weighted by atomic mass is 10.1. The third-order valence-electron chi connectivity index (χ3n) is 11.3. The number of nitrogens with zero attached hydrogens (tertiary/aromatic N) is 6. The number of halogens is 2. The summed E-state index contributed by atoms with van der Waals surface area (Å²) in [7, 11) is 0. The second-order valence-corrected chi connectivity index (χ2v) is 17.5. The third kappa shape index (κ3) is 7.66. The van der Waals surface area contributed by atoms with Crippen molar-refractivity contribution < 1.29 is 0 Å². The highest BCUT2D eigenvalue weighted by Gasteiger charge is 2.15. The number of aromatic nitrogens is 9. The monoisotopic (exact) mass is 981 g/mol. The van der Waals surface area contributed by atoms with Gasteiger partial charge in [0.05, 0.1) is 66.3 Å². The fourth-order valence-corrected chi connectivity index (χ4v) is 8.72. The van der Waals surface area contributed by atoms with Crippen LogP contribution in [-0.2, 0) is 0 Å². The topological polar surface area (TPSA) is 152 Å². The molecule has 0 saturated carbocycles. The van der Waals surface area contributed by atoms with Gasteiger partial charge >= 0.3 is 0 Å². The first kappa shape index (κ1) is 41.3. The van der Waals surface area contributed by atoms with Crippen molar-refractivity contribution >= 4 is 97.3 Å². The van der Waals surface area contributed by atoms with Crippen LogP contribution in [0.2, 0.25) is 0 Å². The molecule has 6 aromatic heterocycles. The van der Waals surface area contributed by atoms with Crippen molar-refractivity contribution in [3.05, 3.63) is 209 Å². The van der Waals surface area contributed by atoms with Crippen molar-refractivity contribution in [3.8, 4) is 17.1 Å². The average molecular weight is 984 g/mol. The summed E-state index contributed by atoms with van der Waals surface area (Å²) in [6.07, 6.45) is 4.92. The van der Waals surface area contributed by atoms with Gasteiger partial charge in [0, 0.05) is 43.7 Å². The molecule has 14 heteroatoms. The quantitative estimate of drug-likeness (QED) is 0.160. The molecule has 65 heavy (non-hydrogen) atoms. The van der Waals surface area contributed by atoms with Gasteiger partial charge in [0.25, 0.3) is 16.7 Å². The Morgan fingerprint density at radius 3 is 1.42 bits per heavy atom. The minimum absolute atomic E-state index is 0.0776. The van der Waals surface area contributed by atoms with Crippen LogP contribution in [0.1, 0.15) is 16.7 Å². The molecule has 0 bridgehead atoms. The number of H-pyrrole nitrogens is 3. The average Bonchev–Trinajstić information content (AvgIpc) is 3.96. The highest BCUT2D eigenvalue weighted by molar-refractivity contribution is 9.10. The van der Waals surface area contributed by atoms with Gasteiger partial charge in [-0.05, 0) is 110 Å². The zero-order valence-electron chi connectivity index (χ0n) is 35.1. The van der Waals surface area contributed by atoms with E-state index < -0.39 is 0 Å². The number of benzene rings is 6. The molecule has 0 atom stereocenters. The molecule has 12 aromatic rings. The van der Waals surface area contributed by atoms with Crippen LogP contribution in [0.15, 0.2) is 175 Å². The highest BCUT2D eigenvalue weighted by atomic mass is 79.9. The predicted molar refractivity (Wildman–Crippen MR) is 267 cm³/mol. The zero-order valence-corrected chi connectivity index (χ0v) is 38.3. The van der Waals surface area contributed by atoms with Crippen LogP contribution < -0.4 is 16.7 Å². The van der Waals surface area contributed by atoms with Gasteiger partial charge < -0.3 is 0 Å². The van der Waals surface area contributed by atoms with Crippen LogP contribution >= 0.6 is 31.9 Å². The van der Waals surface area contributed by atoms with E-state index in [1.54, 1.807) is 32.6 Å². The molecular weight excluding hydrogens is 946 g/mol. The Kier molecular flexibility index (Phi) is 10.7. The molecule has 6 heterocycles. The summed E-state index contributed by atoms with van der Waals surface area (Å²) >= 11 is 6.89. The lowest BCUT2D eigenvalue weighted by Crippen LogP contribution is -2.15. The normalized spacial score (nSPS) is 11.3. The SMILES string of the molecule is Cc1ccc2c(c1)ncc1c(=O)n(-c3ccccc3)[nH]c12.Cc1cccc(-n2[nH]c3c(cnc4cc(Br)ccc43)c2=O)c1.Cc1ccccc1-n1[nH]c2c(cnc3cc(Br)ccc32)c1=O. The van der Waals surface area contributed by atoms with Crippen LogP contribution in [0.25, 0.3) is 82.5 Å². The summed E-state index contributed by atoms with van der Waals surface area (Å²) in [6, 6.07) is 42.9.